The Morgan fingerprint density at radius 3 is 1.91 bits per heavy atom. The third-order valence-corrected chi connectivity index (χ3v) is 4.92. The second kappa shape index (κ2) is 8.98. The lowest BCUT2D eigenvalue weighted by atomic mass is 9.96. The molecule has 0 radical (unpaired) electrons. The summed E-state index contributed by atoms with van der Waals surface area (Å²) in [6.45, 7) is 4.05. The van der Waals surface area contributed by atoms with E-state index in [0.717, 1.165) is 6.92 Å². The van der Waals surface area contributed by atoms with Crippen molar-refractivity contribution >= 4 is 23.2 Å². The molecule has 0 atom stereocenters. The minimum absolute atomic E-state index is 0.142. The molecule has 2 amide bonds. The number of benzene rings is 3. The van der Waals surface area contributed by atoms with Crippen molar-refractivity contribution in [2.75, 3.05) is 10.6 Å². The fraction of sp³-hybridized carbons (Fsp3) is 0.160. The molecule has 5 nitrogen and oxygen atoms in total. The monoisotopic (exact) mass is 433 g/mol. The molecule has 32 heavy (non-hydrogen) atoms. The van der Waals surface area contributed by atoms with Crippen LogP contribution in [0.4, 0.5) is 20.2 Å². The molecule has 162 valence electrons. The molecule has 0 aliphatic heterocycles. The average Bonchev–Trinajstić information content (AvgIpc) is 2.73. The van der Waals surface area contributed by atoms with Gasteiger partial charge >= 0.3 is 0 Å². The summed E-state index contributed by atoms with van der Waals surface area (Å²) >= 11 is 0. The van der Waals surface area contributed by atoms with Crippen LogP contribution in [-0.2, 0) is 5.92 Å². The first-order valence-corrected chi connectivity index (χ1v) is 9.81. The van der Waals surface area contributed by atoms with Gasteiger partial charge in [0.05, 0.1) is 11.6 Å². The molecule has 0 aliphatic rings. The number of alkyl halides is 2. The number of rotatable bonds is 5. The highest BCUT2D eigenvalue weighted by Crippen LogP contribution is 2.30. The van der Waals surface area contributed by atoms with Gasteiger partial charge in [-0.15, -0.1) is 0 Å². The number of carbonyl (C=O) groups is 2. The van der Waals surface area contributed by atoms with Crippen LogP contribution in [0.3, 0.4) is 0 Å². The van der Waals surface area contributed by atoms with Gasteiger partial charge in [-0.3, -0.25) is 9.59 Å². The third-order valence-electron chi connectivity index (χ3n) is 4.92. The lowest BCUT2D eigenvalue weighted by Crippen LogP contribution is -2.17. The number of aryl methyl sites for hydroxylation is 2. The van der Waals surface area contributed by atoms with Crippen LogP contribution in [0.2, 0.25) is 0 Å². The molecular formula is C25H21F2N3O2. The van der Waals surface area contributed by atoms with Crippen molar-refractivity contribution in [2.24, 2.45) is 0 Å². The molecule has 0 saturated carbocycles. The van der Waals surface area contributed by atoms with E-state index in [2.05, 4.69) is 10.6 Å². The number of nitrogens with zero attached hydrogens (tertiary/aromatic N) is 1. The van der Waals surface area contributed by atoms with Gasteiger partial charge in [0.2, 0.25) is 0 Å². The molecule has 0 aliphatic carbocycles. The zero-order valence-electron chi connectivity index (χ0n) is 17.8. The summed E-state index contributed by atoms with van der Waals surface area (Å²) in [5, 5.41) is 14.3. The maximum atomic E-state index is 13.7. The zero-order valence-corrected chi connectivity index (χ0v) is 17.8. The molecule has 0 aromatic heterocycles. The predicted molar refractivity (Wildman–Crippen MR) is 119 cm³/mol. The van der Waals surface area contributed by atoms with Crippen LogP contribution >= 0.6 is 0 Å². The first kappa shape index (κ1) is 22.6. The number of nitriles is 1. The van der Waals surface area contributed by atoms with Crippen LogP contribution in [0, 0.1) is 25.2 Å². The topological polar surface area (TPSA) is 82.0 Å². The number of nitrogens with one attached hydrogen (secondary N) is 2. The van der Waals surface area contributed by atoms with Gasteiger partial charge in [0.1, 0.15) is 0 Å². The van der Waals surface area contributed by atoms with E-state index in [0.29, 0.717) is 39.2 Å². The van der Waals surface area contributed by atoms with E-state index in [-0.39, 0.29) is 11.5 Å². The van der Waals surface area contributed by atoms with E-state index in [1.54, 1.807) is 62.4 Å². The van der Waals surface area contributed by atoms with Gasteiger partial charge in [-0.2, -0.15) is 5.26 Å². The minimum atomic E-state index is -2.99. The van der Waals surface area contributed by atoms with Crippen molar-refractivity contribution in [1.82, 2.24) is 0 Å². The van der Waals surface area contributed by atoms with Gasteiger partial charge in [-0.1, -0.05) is 6.07 Å². The first-order chi connectivity index (χ1) is 15.1. The van der Waals surface area contributed by atoms with Crippen molar-refractivity contribution in [3.05, 3.63) is 94.0 Å². The molecule has 0 unspecified atom stereocenters. The van der Waals surface area contributed by atoms with Gasteiger partial charge in [0, 0.05) is 35.0 Å². The summed E-state index contributed by atoms with van der Waals surface area (Å²) in [6, 6.07) is 17.4. The Morgan fingerprint density at radius 1 is 0.875 bits per heavy atom. The predicted octanol–water partition coefficient (Wildman–Crippen LogP) is 5.79. The van der Waals surface area contributed by atoms with E-state index < -0.39 is 11.8 Å². The van der Waals surface area contributed by atoms with E-state index >= 15 is 0 Å². The van der Waals surface area contributed by atoms with Gasteiger partial charge in [0.15, 0.2) is 0 Å². The Hall–Kier alpha value is -4.05. The number of carbonyl (C=O) groups excluding carboxylic acids is 2. The molecule has 7 heteroatoms. The van der Waals surface area contributed by atoms with Crippen LogP contribution < -0.4 is 10.6 Å². The molecule has 0 heterocycles. The highest BCUT2D eigenvalue weighted by molar-refractivity contribution is 6.07. The van der Waals surface area contributed by atoms with Crippen LogP contribution in [0.15, 0.2) is 60.7 Å². The third kappa shape index (κ3) is 5.16. The zero-order chi connectivity index (χ0) is 23.5. The van der Waals surface area contributed by atoms with E-state index in [1.807, 2.05) is 6.07 Å². The number of hydrogen-bond donors (Lipinski definition) is 2. The molecular weight excluding hydrogens is 412 g/mol. The van der Waals surface area contributed by atoms with Crippen molar-refractivity contribution in [2.45, 2.75) is 26.7 Å². The average molecular weight is 433 g/mol. The Bertz CT molecular complexity index is 1200. The van der Waals surface area contributed by atoms with E-state index in [4.69, 9.17) is 5.26 Å². The highest BCUT2D eigenvalue weighted by atomic mass is 19.3. The molecule has 3 aromatic carbocycles. The normalized spacial score (nSPS) is 10.9. The van der Waals surface area contributed by atoms with Crippen LogP contribution in [0.25, 0.3) is 0 Å². The maximum absolute atomic E-state index is 13.7. The summed E-state index contributed by atoms with van der Waals surface area (Å²) in [7, 11) is 0. The molecule has 3 aromatic rings. The second-order valence-electron chi connectivity index (χ2n) is 7.55. The number of hydrogen-bond acceptors (Lipinski definition) is 3. The fourth-order valence-electron chi connectivity index (χ4n) is 3.34. The summed E-state index contributed by atoms with van der Waals surface area (Å²) < 4.78 is 27.3. The van der Waals surface area contributed by atoms with Crippen molar-refractivity contribution in [3.8, 4) is 6.07 Å². The Labute approximate surface area is 184 Å². The van der Waals surface area contributed by atoms with Crippen molar-refractivity contribution in [3.63, 3.8) is 0 Å². The fourth-order valence-corrected chi connectivity index (χ4v) is 3.34. The van der Waals surface area contributed by atoms with Crippen LogP contribution in [0.1, 0.15) is 49.9 Å². The van der Waals surface area contributed by atoms with Gasteiger partial charge in [0.25, 0.3) is 17.7 Å². The maximum Gasteiger partial charge on any atom is 0.270 e. The first-order valence-electron chi connectivity index (χ1n) is 9.81. The van der Waals surface area contributed by atoms with Crippen molar-refractivity contribution in [1.29, 1.82) is 5.26 Å². The Morgan fingerprint density at radius 2 is 1.41 bits per heavy atom. The summed E-state index contributed by atoms with van der Waals surface area (Å²) in [6.07, 6.45) is 0. The Balaban J connectivity index is 1.76. The molecule has 0 saturated heterocycles. The summed E-state index contributed by atoms with van der Waals surface area (Å²) in [5.74, 6) is -3.78. The molecule has 2 N–H and O–H groups in total. The molecule has 0 bridgehead atoms. The smallest absolute Gasteiger partial charge is 0.270 e. The van der Waals surface area contributed by atoms with Crippen LogP contribution in [0.5, 0.6) is 0 Å². The largest absolute Gasteiger partial charge is 0.322 e. The van der Waals surface area contributed by atoms with E-state index in [9.17, 15) is 18.4 Å². The lowest BCUT2D eigenvalue weighted by Gasteiger charge is -2.16. The van der Waals surface area contributed by atoms with Gasteiger partial charge in [-0.05, 0) is 79.6 Å². The summed E-state index contributed by atoms with van der Waals surface area (Å²) in [4.78, 5) is 25.2. The second-order valence-corrected chi connectivity index (χ2v) is 7.55. The lowest BCUT2D eigenvalue weighted by molar-refractivity contribution is 0.0173. The quantitative estimate of drug-likeness (QED) is 0.534. The van der Waals surface area contributed by atoms with Crippen LogP contribution in [-0.4, -0.2) is 11.8 Å². The Kier molecular flexibility index (Phi) is 6.35. The van der Waals surface area contributed by atoms with E-state index in [1.165, 1.54) is 12.1 Å². The molecule has 0 spiro atoms. The van der Waals surface area contributed by atoms with Gasteiger partial charge < -0.3 is 10.6 Å². The number of anilines is 2. The van der Waals surface area contributed by atoms with Gasteiger partial charge in [-0.25, -0.2) is 8.78 Å². The number of halogens is 2. The highest BCUT2D eigenvalue weighted by Gasteiger charge is 2.26. The standard InChI is InChI=1S/C25H21F2N3O2/c1-15-11-19(25(3,26)27)12-16(2)22(15)24(32)30-21-6-4-5-20(13-21)29-23(31)18-9-7-17(14-28)8-10-18/h4-13H,1-3H3,(H,29,31)(H,30,32). The SMILES string of the molecule is Cc1cc(C(C)(F)F)cc(C)c1C(=O)Nc1cccc(NC(=O)c2ccc(C#N)cc2)c1. The number of amides is 2. The molecule has 0 fully saturated rings. The van der Waals surface area contributed by atoms with Crippen molar-refractivity contribution < 1.29 is 18.4 Å². The minimum Gasteiger partial charge on any atom is -0.322 e. The summed E-state index contributed by atoms with van der Waals surface area (Å²) in [5.41, 5.74) is 2.82. The molecule has 3 rings (SSSR count).